The molecule has 4 nitrogen and oxygen atoms in total. The molecule has 0 spiro atoms. The average molecular weight is 197 g/mol. The molecule has 2 unspecified atom stereocenters. The minimum Gasteiger partial charge on any atom is -0.395 e. The molecule has 0 amide bonds. The van der Waals surface area contributed by atoms with Gasteiger partial charge in [-0.05, 0) is 13.5 Å². The van der Waals surface area contributed by atoms with E-state index in [9.17, 15) is 5.26 Å². The van der Waals surface area contributed by atoms with Gasteiger partial charge in [0.05, 0.1) is 12.7 Å². The maximum Gasteiger partial charge on any atom is 0.111 e. The lowest BCUT2D eigenvalue weighted by Crippen LogP contribution is -2.57. The van der Waals surface area contributed by atoms with Gasteiger partial charge in [-0.1, -0.05) is 6.92 Å². The van der Waals surface area contributed by atoms with Crippen molar-refractivity contribution in [3.05, 3.63) is 0 Å². The van der Waals surface area contributed by atoms with Crippen LogP contribution in [0.2, 0.25) is 0 Å². The molecule has 2 N–H and O–H groups in total. The zero-order valence-electron chi connectivity index (χ0n) is 8.95. The van der Waals surface area contributed by atoms with E-state index in [2.05, 4.69) is 30.3 Å². The van der Waals surface area contributed by atoms with Crippen LogP contribution in [0.1, 0.15) is 13.3 Å². The van der Waals surface area contributed by atoms with Crippen LogP contribution in [0.5, 0.6) is 0 Å². The summed E-state index contributed by atoms with van der Waals surface area (Å²) >= 11 is 0. The summed E-state index contributed by atoms with van der Waals surface area (Å²) in [7, 11) is 2.07. The lowest BCUT2D eigenvalue weighted by atomic mass is 9.80. The maximum atomic E-state index is 9.21. The SMILES string of the molecule is CC1CN(C)CCC1(C#N)NCCO. The van der Waals surface area contributed by atoms with Crippen molar-refractivity contribution in [2.45, 2.75) is 18.9 Å². The summed E-state index contributed by atoms with van der Waals surface area (Å²) in [5.74, 6) is 0.304. The highest BCUT2D eigenvalue weighted by atomic mass is 16.3. The lowest BCUT2D eigenvalue weighted by Gasteiger charge is -2.41. The van der Waals surface area contributed by atoms with Crippen molar-refractivity contribution >= 4 is 0 Å². The van der Waals surface area contributed by atoms with E-state index in [1.165, 1.54) is 0 Å². The Morgan fingerprint density at radius 3 is 2.93 bits per heavy atom. The number of nitrogens with zero attached hydrogens (tertiary/aromatic N) is 2. The molecular weight excluding hydrogens is 178 g/mol. The second-order valence-electron chi connectivity index (χ2n) is 4.15. The summed E-state index contributed by atoms with van der Waals surface area (Å²) in [4.78, 5) is 2.24. The van der Waals surface area contributed by atoms with E-state index < -0.39 is 5.54 Å². The van der Waals surface area contributed by atoms with Gasteiger partial charge in [0.1, 0.15) is 5.54 Å². The topological polar surface area (TPSA) is 59.3 Å². The normalized spacial score (nSPS) is 34.0. The summed E-state index contributed by atoms with van der Waals surface area (Å²) < 4.78 is 0. The quantitative estimate of drug-likeness (QED) is 0.658. The van der Waals surface area contributed by atoms with Crippen LogP contribution in [0.15, 0.2) is 0 Å². The molecule has 0 radical (unpaired) electrons. The first-order valence-electron chi connectivity index (χ1n) is 5.10. The fourth-order valence-corrected chi connectivity index (χ4v) is 2.08. The van der Waals surface area contributed by atoms with Crippen molar-refractivity contribution in [1.29, 1.82) is 5.26 Å². The van der Waals surface area contributed by atoms with E-state index in [0.29, 0.717) is 12.5 Å². The molecule has 2 atom stereocenters. The maximum absolute atomic E-state index is 9.21. The van der Waals surface area contributed by atoms with Gasteiger partial charge in [-0.3, -0.25) is 5.32 Å². The predicted molar refractivity (Wildman–Crippen MR) is 54.7 cm³/mol. The molecular formula is C10H19N3O. The van der Waals surface area contributed by atoms with Crippen LogP contribution in [0, 0.1) is 17.2 Å². The van der Waals surface area contributed by atoms with E-state index in [1.807, 2.05) is 0 Å². The second-order valence-corrected chi connectivity index (χ2v) is 4.15. The van der Waals surface area contributed by atoms with E-state index in [1.54, 1.807) is 0 Å². The molecule has 1 fully saturated rings. The van der Waals surface area contributed by atoms with Gasteiger partial charge in [0.2, 0.25) is 0 Å². The van der Waals surface area contributed by atoms with Gasteiger partial charge in [0, 0.05) is 25.6 Å². The van der Waals surface area contributed by atoms with Crippen molar-refractivity contribution in [2.75, 3.05) is 33.3 Å². The molecule has 0 aromatic heterocycles. The van der Waals surface area contributed by atoms with Crippen LogP contribution in [-0.2, 0) is 0 Å². The van der Waals surface area contributed by atoms with Gasteiger partial charge in [-0.2, -0.15) is 5.26 Å². The van der Waals surface area contributed by atoms with E-state index in [-0.39, 0.29) is 6.61 Å². The highest BCUT2D eigenvalue weighted by molar-refractivity contribution is 5.12. The number of rotatable bonds is 3. The molecule has 14 heavy (non-hydrogen) atoms. The predicted octanol–water partition coefficient (Wildman–Crippen LogP) is -0.198. The third-order valence-corrected chi connectivity index (χ3v) is 3.07. The number of aliphatic hydroxyl groups excluding tert-OH is 1. The molecule has 0 aromatic rings. The Balaban J connectivity index is 2.64. The van der Waals surface area contributed by atoms with Crippen molar-refractivity contribution < 1.29 is 5.11 Å². The summed E-state index contributed by atoms with van der Waals surface area (Å²) in [6, 6.07) is 2.37. The zero-order valence-corrected chi connectivity index (χ0v) is 8.95. The van der Waals surface area contributed by atoms with E-state index in [0.717, 1.165) is 19.5 Å². The van der Waals surface area contributed by atoms with E-state index >= 15 is 0 Å². The summed E-state index contributed by atoms with van der Waals surface area (Å²) in [5.41, 5.74) is -0.435. The van der Waals surface area contributed by atoms with E-state index in [4.69, 9.17) is 5.11 Å². The van der Waals surface area contributed by atoms with Gasteiger partial charge in [-0.15, -0.1) is 0 Å². The molecule has 1 heterocycles. The average Bonchev–Trinajstić information content (AvgIpc) is 2.18. The summed E-state index contributed by atoms with van der Waals surface area (Å²) in [6.45, 7) is 4.55. The van der Waals surface area contributed by atoms with Gasteiger partial charge in [-0.25, -0.2) is 0 Å². The molecule has 1 aliphatic rings. The number of hydrogen-bond donors (Lipinski definition) is 2. The Bertz CT molecular complexity index is 222. The highest BCUT2D eigenvalue weighted by Gasteiger charge is 2.39. The first-order valence-corrected chi connectivity index (χ1v) is 5.10. The lowest BCUT2D eigenvalue weighted by molar-refractivity contribution is 0.127. The zero-order chi connectivity index (χ0) is 10.6. The summed E-state index contributed by atoms with van der Waals surface area (Å²) in [6.07, 6.45) is 0.834. The van der Waals surface area contributed by atoms with Crippen LogP contribution >= 0.6 is 0 Å². The van der Waals surface area contributed by atoms with Crippen LogP contribution in [0.3, 0.4) is 0 Å². The fourth-order valence-electron chi connectivity index (χ4n) is 2.08. The van der Waals surface area contributed by atoms with Gasteiger partial charge in [0.25, 0.3) is 0 Å². The first-order chi connectivity index (χ1) is 6.64. The Kier molecular flexibility index (Phi) is 3.87. The number of β-amino-alcohol motifs (C(OH)–C–C–N with tert-alkyl or cyclic N) is 1. The molecule has 4 heteroatoms. The first kappa shape index (κ1) is 11.4. The molecule has 0 bridgehead atoms. The highest BCUT2D eigenvalue weighted by Crippen LogP contribution is 2.26. The molecule has 0 saturated carbocycles. The smallest absolute Gasteiger partial charge is 0.111 e. The standard InChI is InChI=1S/C10H19N3O/c1-9-7-13(2)5-3-10(9,8-11)12-4-6-14/h9,12,14H,3-7H2,1-2H3. The molecule has 0 aromatic carbocycles. The minimum absolute atomic E-state index is 0.0893. The Labute approximate surface area is 85.5 Å². The van der Waals surface area contributed by atoms with Crippen molar-refractivity contribution in [3.8, 4) is 6.07 Å². The molecule has 80 valence electrons. The van der Waals surface area contributed by atoms with Crippen molar-refractivity contribution in [1.82, 2.24) is 10.2 Å². The monoisotopic (exact) mass is 197 g/mol. The largest absolute Gasteiger partial charge is 0.395 e. The van der Waals surface area contributed by atoms with Crippen LogP contribution < -0.4 is 5.32 Å². The Hall–Kier alpha value is -0.630. The third-order valence-electron chi connectivity index (χ3n) is 3.07. The number of aliphatic hydroxyl groups is 1. The molecule has 1 saturated heterocycles. The van der Waals surface area contributed by atoms with Crippen molar-refractivity contribution in [2.24, 2.45) is 5.92 Å². The number of nitriles is 1. The molecule has 1 rings (SSSR count). The van der Waals surface area contributed by atoms with Crippen LogP contribution in [0.25, 0.3) is 0 Å². The molecule has 1 aliphatic heterocycles. The Morgan fingerprint density at radius 2 is 2.43 bits per heavy atom. The molecule has 0 aliphatic carbocycles. The van der Waals surface area contributed by atoms with Crippen LogP contribution in [-0.4, -0.2) is 48.8 Å². The Morgan fingerprint density at radius 1 is 1.71 bits per heavy atom. The van der Waals surface area contributed by atoms with Gasteiger partial charge < -0.3 is 10.0 Å². The number of nitrogens with one attached hydrogen (secondary N) is 1. The minimum atomic E-state index is -0.435. The van der Waals surface area contributed by atoms with Crippen LogP contribution in [0.4, 0.5) is 0 Å². The second kappa shape index (κ2) is 4.74. The fraction of sp³-hybridized carbons (Fsp3) is 0.900. The number of likely N-dealkylation sites (tertiary alicyclic amines) is 1. The van der Waals surface area contributed by atoms with Gasteiger partial charge in [0.15, 0.2) is 0 Å². The number of piperidine rings is 1. The third kappa shape index (κ3) is 2.24. The summed E-state index contributed by atoms with van der Waals surface area (Å²) in [5, 5.41) is 21.1. The number of hydrogen-bond acceptors (Lipinski definition) is 4. The van der Waals surface area contributed by atoms with Crippen molar-refractivity contribution in [3.63, 3.8) is 0 Å². The van der Waals surface area contributed by atoms with Gasteiger partial charge >= 0.3 is 0 Å².